The lowest BCUT2D eigenvalue weighted by Crippen LogP contribution is -2.21. The van der Waals surface area contributed by atoms with Crippen LogP contribution in [0, 0.1) is 0 Å². The summed E-state index contributed by atoms with van der Waals surface area (Å²) < 4.78 is 11.1. The van der Waals surface area contributed by atoms with Gasteiger partial charge in [-0.1, -0.05) is 36.4 Å². The first-order valence-electron chi connectivity index (χ1n) is 8.10. The zero-order valence-corrected chi connectivity index (χ0v) is 14.1. The lowest BCUT2D eigenvalue weighted by molar-refractivity contribution is 0.0996. The highest BCUT2D eigenvalue weighted by atomic mass is 16.5. The van der Waals surface area contributed by atoms with Crippen molar-refractivity contribution in [2.45, 2.75) is 0 Å². The summed E-state index contributed by atoms with van der Waals surface area (Å²) in [5.41, 5.74) is 7.23. The second-order valence-electron chi connectivity index (χ2n) is 5.84. The number of methoxy groups -OCH3 is 1. The Morgan fingerprint density at radius 2 is 1.85 bits per heavy atom. The Morgan fingerprint density at radius 3 is 2.65 bits per heavy atom. The number of hydrogen-bond acceptors (Lipinski definition) is 4. The molecule has 0 atom stereocenters. The van der Waals surface area contributed by atoms with E-state index in [1.165, 1.54) is 0 Å². The van der Waals surface area contributed by atoms with Gasteiger partial charge in [0.2, 0.25) is 5.55 Å². The van der Waals surface area contributed by atoms with Gasteiger partial charge in [-0.05, 0) is 35.0 Å². The zero-order valence-electron chi connectivity index (χ0n) is 14.1. The maximum atomic E-state index is 12.0. The Morgan fingerprint density at radius 1 is 1.00 bits per heavy atom. The monoisotopic (exact) mass is 344 g/mol. The summed E-state index contributed by atoms with van der Waals surface area (Å²) in [4.78, 5) is 16.4. The van der Waals surface area contributed by atoms with Gasteiger partial charge in [-0.15, -0.1) is 0 Å². The highest BCUT2D eigenvalue weighted by Crippen LogP contribution is 2.25. The molecule has 1 heterocycles. The molecular formula is C21H16N2O3. The van der Waals surface area contributed by atoms with Crippen LogP contribution >= 0.6 is 0 Å². The molecule has 0 radical (unpaired) electrons. The van der Waals surface area contributed by atoms with Crippen LogP contribution in [0.3, 0.4) is 0 Å². The quantitative estimate of drug-likeness (QED) is 0.572. The molecule has 4 rings (SSSR count). The van der Waals surface area contributed by atoms with Crippen molar-refractivity contribution in [3.8, 4) is 5.75 Å². The number of benzene rings is 3. The molecule has 0 spiro atoms. The molecule has 4 aromatic rings. The molecule has 0 saturated carbocycles. The minimum absolute atomic E-state index is 0.175. The van der Waals surface area contributed by atoms with Gasteiger partial charge in [0.25, 0.3) is 5.91 Å². The molecule has 0 aliphatic rings. The molecular weight excluding hydrogens is 328 g/mol. The van der Waals surface area contributed by atoms with E-state index in [2.05, 4.69) is 4.99 Å². The number of hydrogen-bond donors (Lipinski definition) is 1. The Balaban J connectivity index is 2.02. The summed E-state index contributed by atoms with van der Waals surface area (Å²) in [5, 5.41) is 2.87. The molecule has 0 aliphatic carbocycles. The van der Waals surface area contributed by atoms with Crippen LogP contribution in [-0.4, -0.2) is 13.0 Å². The van der Waals surface area contributed by atoms with E-state index in [0.29, 0.717) is 17.0 Å². The third-order valence-corrected chi connectivity index (χ3v) is 4.21. The van der Waals surface area contributed by atoms with E-state index >= 15 is 0 Å². The largest absolute Gasteiger partial charge is 0.497 e. The molecule has 0 unspecified atom stereocenters. The Bertz CT molecular complexity index is 1210. The van der Waals surface area contributed by atoms with Gasteiger partial charge >= 0.3 is 0 Å². The second kappa shape index (κ2) is 6.37. The third-order valence-electron chi connectivity index (χ3n) is 4.21. The topological polar surface area (TPSA) is 77.8 Å². The van der Waals surface area contributed by atoms with E-state index in [1.54, 1.807) is 25.3 Å². The molecule has 5 nitrogen and oxygen atoms in total. The molecule has 5 heteroatoms. The molecule has 0 aliphatic heterocycles. The normalized spacial score (nSPS) is 11.8. The first kappa shape index (κ1) is 15.9. The van der Waals surface area contributed by atoms with E-state index in [4.69, 9.17) is 14.9 Å². The number of carbonyl (C=O) groups excluding carboxylic acids is 1. The van der Waals surface area contributed by atoms with Crippen molar-refractivity contribution in [1.82, 2.24) is 0 Å². The van der Waals surface area contributed by atoms with Crippen molar-refractivity contribution in [2.75, 3.05) is 7.11 Å². The predicted octanol–water partition coefficient (Wildman–Crippen LogP) is 3.93. The zero-order chi connectivity index (χ0) is 18.1. The minimum atomic E-state index is -0.592. The fourth-order valence-corrected chi connectivity index (χ4v) is 2.94. The summed E-state index contributed by atoms with van der Waals surface area (Å²) >= 11 is 0. The van der Waals surface area contributed by atoms with Gasteiger partial charge in [0, 0.05) is 11.5 Å². The number of amides is 1. The minimum Gasteiger partial charge on any atom is -0.497 e. The molecule has 0 fully saturated rings. The number of ether oxygens (including phenoxy) is 1. The summed E-state index contributed by atoms with van der Waals surface area (Å²) in [6.45, 7) is 0. The fraction of sp³-hybridized carbons (Fsp3) is 0.0476. The number of carbonyl (C=O) groups is 1. The smallest absolute Gasteiger partial charge is 0.254 e. The van der Waals surface area contributed by atoms with Gasteiger partial charge in [0.05, 0.1) is 12.8 Å². The maximum Gasteiger partial charge on any atom is 0.254 e. The Labute approximate surface area is 149 Å². The average Bonchev–Trinajstić information content (AvgIpc) is 2.67. The lowest BCUT2D eigenvalue weighted by Gasteiger charge is -2.06. The maximum absolute atomic E-state index is 12.0. The first-order chi connectivity index (χ1) is 12.7. The highest BCUT2D eigenvalue weighted by molar-refractivity contribution is 6.07. The van der Waals surface area contributed by atoms with Crippen molar-refractivity contribution in [3.05, 3.63) is 77.8 Å². The number of primary amides is 1. The summed E-state index contributed by atoms with van der Waals surface area (Å²) in [7, 11) is 1.58. The molecule has 1 aromatic heterocycles. The summed E-state index contributed by atoms with van der Waals surface area (Å²) in [6.07, 6.45) is 0. The number of nitrogens with zero attached hydrogens (tertiary/aromatic N) is 1. The van der Waals surface area contributed by atoms with Crippen molar-refractivity contribution in [1.29, 1.82) is 0 Å². The molecule has 0 saturated heterocycles. The van der Waals surface area contributed by atoms with Crippen LogP contribution in [0.5, 0.6) is 5.75 Å². The summed E-state index contributed by atoms with van der Waals surface area (Å²) in [6, 6.07) is 20.7. The summed E-state index contributed by atoms with van der Waals surface area (Å²) in [5.74, 6) is 0.0730. The van der Waals surface area contributed by atoms with E-state index in [-0.39, 0.29) is 11.1 Å². The SMILES string of the molecule is COc1cccc(N=c2oc3ccc4ccccc4c3cc2C(N)=O)c1. The lowest BCUT2D eigenvalue weighted by atomic mass is 10.0. The van der Waals surface area contributed by atoms with Crippen molar-refractivity contribution < 1.29 is 13.9 Å². The van der Waals surface area contributed by atoms with Gasteiger partial charge in [0.15, 0.2) is 0 Å². The van der Waals surface area contributed by atoms with Crippen molar-refractivity contribution in [3.63, 3.8) is 0 Å². The van der Waals surface area contributed by atoms with Crippen LogP contribution in [0.15, 0.2) is 76.1 Å². The highest BCUT2D eigenvalue weighted by Gasteiger charge is 2.11. The fourth-order valence-electron chi connectivity index (χ4n) is 2.94. The molecule has 3 aromatic carbocycles. The molecule has 1 amide bonds. The molecule has 128 valence electrons. The molecule has 0 bridgehead atoms. The van der Waals surface area contributed by atoms with Crippen LogP contribution in [-0.2, 0) is 0 Å². The van der Waals surface area contributed by atoms with Crippen molar-refractivity contribution in [2.24, 2.45) is 10.7 Å². The van der Waals surface area contributed by atoms with E-state index in [9.17, 15) is 4.79 Å². The standard InChI is InChI=1S/C21H16N2O3/c1-25-15-7-4-6-14(11-15)23-21-18(20(22)24)12-17-16-8-3-2-5-13(16)9-10-19(17)26-21/h2-12H,1H3,(H2,22,24). The average molecular weight is 344 g/mol. The number of nitrogens with two attached hydrogens (primary N) is 1. The number of fused-ring (bicyclic) bond motifs is 3. The third kappa shape index (κ3) is 2.80. The number of rotatable bonds is 3. The Kier molecular flexibility index (Phi) is 3.89. The molecule has 2 N–H and O–H groups in total. The molecule has 26 heavy (non-hydrogen) atoms. The van der Waals surface area contributed by atoms with Gasteiger partial charge in [-0.2, -0.15) is 0 Å². The van der Waals surface area contributed by atoms with Crippen LogP contribution < -0.4 is 16.0 Å². The first-order valence-corrected chi connectivity index (χ1v) is 8.10. The van der Waals surface area contributed by atoms with Crippen LogP contribution in [0.25, 0.3) is 21.7 Å². The van der Waals surface area contributed by atoms with Gasteiger partial charge in [-0.3, -0.25) is 4.79 Å². The Hall–Kier alpha value is -3.60. The second-order valence-corrected chi connectivity index (χ2v) is 5.84. The van der Waals surface area contributed by atoms with Crippen LogP contribution in [0.4, 0.5) is 5.69 Å². The van der Waals surface area contributed by atoms with Gasteiger partial charge in [0.1, 0.15) is 16.9 Å². The van der Waals surface area contributed by atoms with E-state index < -0.39 is 5.91 Å². The van der Waals surface area contributed by atoms with E-state index in [0.717, 1.165) is 16.2 Å². The van der Waals surface area contributed by atoms with Crippen LogP contribution in [0.1, 0.15) is 10.4 Å². The van der Waals surface area contributed by atoms with Crippen molar-refractivity contribution >= 4 is 33.3 Å². The van der Waals surface area contributed by atoms with Gasteiger partial charge < -0.3 is 14.9 Å². The predicted molar refractivity (Wildman–Crippen MR) is 100 cm³/mol. The van der Waals surface area contributed by atoms with Crippen LogP contribution in [0.2, 0.25) is 0 Å². The van der Waals surface area contributed by atoms with Gasteiger partial charge in [-0.25, -0.2) is 4.99 Å². The van der Waals surface area contributed by atoms with E-state index in [1.807, 2.05) is 48.5 Å².